The van der Waals surface area contributed by atoms with E-state index in [0.717, 1.165) is 15.7 Å². The molecule has 0 bridgehead atoms. The highest BCUT2D eigenvalue weighted by atomic mass is 32.1. The largest absolute Gasteiger partial charge is 0.545 e. The van der Waals surface area contributed by atoms with Crippen molar-refractivity contribution in [2.75, 3.05) is 5.32 Å². The number of carboxylic acids is 1. The number of thiazole rings is 1. The summed E-state index contributed by atoms with van der Waals surface area (Å²) < 4.78 is 0. The summed E-state index contributed by atoms with van der Waals surface area (Å²) in [5, 5.41) is 18.6. The Kier molecular flexibility index (Phi) is 3.49. The van der Waals surface area contributed by atoms with Crippen molar-refractivity contribution in [2.24, 2.45) is 0 Å². The second kappa shape index (κ2) is 5.44. The number of hydrogen-bond acceptors (Lipinski definition) is 6. The lowest BCUT2D eigenvalue weighted by molar-refractivity contribution is -0.255. The first kappa shape index (κ1) is 12.8. The van der Waals surface area contributed by atoms with Gasteiger partial charge in [-0.25, -0.2) is 4.98 Å². The van der Waals surface area contributed by atoms with Crippen LogP contribution in [0.1, 0.15) is 10.4 Å². The Labute approximate surface area is 123 Å². The number of nitrogens with zero attached hydrogens (tertiary/aromatic N) is 1. The fourth-order valence-corrected chi connectivity index (χ4v) is 3.21. The molecule has 0 aliphatic heterocycles. The van der Waals surface area contributed by atoms with Gasteiger partial charge in [-0.15, -0.1) is 22.7 Å². The topological polar surface area (TPSA) is 65.0 Å². The molecule has 20 heavy (non-hydrogen) atoms. The molecule has 0 radical (unpaired) electrons. The average Bonchev–Trinajstić information content (AvgIpc) is 3.09. The Balaban J connectivity index is 1.81. The van der Waals surface area contributed by atoms with Crippen LogP contribution in [0.4, 0.5) is 10.8 Å². The minimum Gasteiger partial charge on any atom is -0.545 e. The zero-order chi connectivity index (χ0) is 13.9. The van der Waals surface area contributed by atoms with Crippen LogP contribution in [0.2, 0.25) is 0 Å². The van der Waals surface area contributed by atoms with Crippen molar-refractivity contribution < 1.29 is 9.90 Å². The first-order valence-electron chi connectivity index (χ1n) is 5.80. The smallest absolute Gasteiger partial charge is 0.187 e. The predicted molar refractivity (Wildman–Crippen MR) is 79.5 cm³/mol. The number of anilines is 2. The normalized spacial score (nSPS) is 10.4. The number of thiophene rings is 1. The SMILES string of the molecule is O=C([O-])c1cccc(Nc2nc(-c3cccs3)cs2)c1. The van der Waals surface area contributed by atoms with Crippen molar-refractivity contribution in [3.8, 4) is 10.6 Å². The Bertz CT molecular complexity index is 735. The molecule has 4 nitrogen and oxygen atoms in total. The van der Waals surface area contributed by atoms with E-state index in [2.05, 4.69) is 10.3 Å². The molecule has 0 unspecified atom stereocenters. The summed E-state index contributed by atoms with van der Waals surface area (Å²) in [5.74, 6) is -1.19. The van der Waals surface area contributed by atoms with Crippen LogP contribution in [0, 0.1) is 0 Å². The van der Waals surface area contributed by atoms with Gasteiger partial charge < -0.3 is 15.2 Å². The van der Waals surface area contributed by atoms with Crippen LogP contribution >= 0.6 is 22.7 Å². The van der Waals surface area contributed by atoms with Crippen LogP contribution in [0.3, 0.4) is 0 Å². The van der Waals surface area contributed by atoms with Gasteiger partial charge in [-0.3, -0.25) is 0 Å². The number of carboxylic acid groups (broad SMARTS) is 1. The van der Waals surface area contributed by atoms with Gasteiger partial charge in [-0.05, 0) is 29.1 Å². The van der Waals surface area contributed by atoms with Crippen molar-refractivity contribution >= 4 is 39.5 Å². The number of carbonyl (C=O) groups excluding carboxylic acids is 1. The molecular formula is C14H9N2O2S2-. The molecule has 0 aliphatic rings. The number of hydrogen-bond donors (Lipinski definition) is 1. The molecule has 2 aromatic heterocycles. The van der Waals surface area contributed by atoms with Gasteiger partial charge in [0.2, 0.25) is 0 Å². The van der Waals surface area contributed by atoms with E-state index in [1.807, 2.05) is 22.9 Å². The molecule has 3 rings (SSSR count). The average molecular weight is 301 g/mol. The van der Waals surface area contributed by atoms with Crippen LogP contribution < -0.4 is 10.4 Å². The Morgan fingerprint density at radius 3 is 2.85 bits per heavy atom. The molecule has 0 aliphatic carbocycles. The van der Waals surface area contributed by atoms with E-state index in [1.54, 1.807) is 23.5 Å². The summed E-state index contributed by atoms with van der Waals surface area (Å²) >= 11 is 3.11. The van der Waals surface area contributed by atoms with E-state index >= 15 is 0 Å². The molecule has 1 aromatic carbocycles. The first-order valence-corrected chi connectivity index (χ1v) is 7.56. The number of benzene rings is 1. The summed E-state index contributed by atoms with van der Waals surface area (Å²) in [6, 6.07) is 10.5. The van der Waals surface area contributed by atoms with Gasteiger partial charge in [-0.1, -0.05) is 18.2 Å². The summed E-state index contributed by atoms with van der Waals surface area (Å²) in [6.07, 6.45) is 0. The number of aromatic nitrogens is 1. The predicted octanol–water partition coefficient (Wildman–Crippen LogP) is 2.98. The molecule has 0 saturated carbocycles. The second-order valence-corrected chi connectivity index (χ2v) is 5.81. The van der Waals surface area contributed by atoms with Gasteiger partial charge >= 0.3 is 0 Å². The minimum atomic E-state index is -1.19. The molecule has 0 saturated heterocycles. The highest BCUT2D eigenvalue weighted by Gasteiger charge is 2.06. The maximum absolute atomic E-state index is 10.8. The Morgan fingerprint density at radius 2 is 2.10 bits per heavy atom. The monoisotopic (exact) mass is 301 g/mol. The molecule has 2 heterocycles. The van der Waals surface area contributed by atoms with Crippen molar-refractivity contribution in [1.29, 1.82) is 0 Å². The lowest BCUT2D eigenvalue weighted by Gasteiger charge is -2.06. The van der Waals surface area contributed by atoms with Crippen LogP contribution in [0.5, 0.6) is 0 Å². The number of aromatic carboxylic acids is 1. The number of carbonyl (C=O) groups is 1. The molecule has 6 heteroatoms. The first-order chi connectivity index (χ1) is 9.72. The lowest BCUT2D eigenvalue weighted by Crippen LogP contribution is -2.22. The maximum Gasteiger partial charge on any atom is 0.187 e. The molecule has 1 N–H and O–H groups in total. The maximum atomic E-state index is 10.8. The highest BCUT2D eigenvalue weighted by molar-refractivity contribution is 7.16. The highest BCUT2D eigenvalue weighted by Crippen LogP contribution is 2.29. The van der Waals surface area contributed by atoms with Gasteiger partial charge in [-0.2, -0.15) is 0 Å². The molecule has 0 fully saturated rings. The van der Waals surface area contributed by atoms with Gasteiger partial charge in [0.1, 0.15) is 0 Å². The third kappa shape index (κ3) is 2.71. The van der Waals surface area contributed by atoms with Crippen molar-refractivity contribution in [3.05, 3.63) is 52.7 Å². The van der Waals surface area contributed by atoms with Crippen LogP contribution in [0.25, 0.3) is 10.6 Å². The summed E-state index contributed by atoms with van der Waals surface area (Å²) in [4.78, 5) is 16.4. The van der Waals surface area contributed by atoms with Crippen molar-refractivity contribution in [3.63, 3.8) is 0 Å². The van der Waals surface area contributed by atoms with E-state index in [4.69, 9.17) is 0 Å². The molecular weight excluding hydrogens is 292 g/mol. The van der Waals surface area contributed by atoms with Crippen LogP contribution in [0.15, 0.2) is 47.2 Å². The standard InChI is InChI=1S/C14H10N2O2S2/c17-13(18)9-3-1-4-10(7-9)15-14-16-11(8-20-14)12-5-2-6-19-12/h1-8H,(H,15,16)(H,17,18)/p-1. The van der Waals surface area contributed by atoms with Crippen molar-refractivity contribution in [1.82, 2.24) is 4.98 Å². The van der Waals surface area contributed by atoms with E-state index in [-0.39, 0.29) is 5.56 Å². The molecule has 3 aromatic rings. The van der Waals surface area contributed by atoms with E-state index in [0.29, 0.717) is 5.69 Å². The Hall–Kier alpha value is -2.18. The molecule has 0 spiro atoms. The summed E-state index contributed by atoms with van der Waals surface area (Å²) in [5.41, 5.74) is 1.74. The van der Waals surface area contributed by atoms with E-state index < -0.39 is 5.97 Å². The number of rotatable bonds is 4. The lowest BCUT2D eigenvalue weighted by atomic mass is 10.2. The molecule has 0 amide bonds. The van der Waals surface area contributed by atoms with Crippen LogP contribution in [-0.2, 0) is 0 Å². The summed E-state index contributed by atoms with van der Waals surface area (Å²) in [6.45, 7) is 0. The third-order valence-electron chi connectivity index (χ3n) is 2.63. The molecule has 0 atom stereocenters. The third-order valence-corrected chi connectivity index (χ3v) is 4.28. The van der Waals surface area contributed by atoms with Gasteiger partial charge in [0.15, 0.2) is 5.13 Å². The summed E-state index contributed by atoms with van der Waals surface area (Å²) in [7, 11) is 0. The molecule has 100 valence electrons. The van der Waals surface area contributed by atoms with Crippen LogP contribution in [-0.4, -0.2) is 11.0 Å². The zero-order valence-electron chi connectivity index (χ0n) is 10.2. The minimum absolute atomic E-state index is 0.144. The van der Waals surface area contributed by atoms with E-state index in [9.17, 15) is 9.90 Å². The van der Waals surface area contributed by atoms with Gasteiger partial charge in [0, 0.05) is 11.1 Å². The fraction of sp³-hybridized carbons (Fsp3) is 0. The van der Waals surface area contributed by atoms with E-state index in [1.165, 1.54) is 23.5 Å². The van der Waals surface area contributed by atoms with Crippen molar-refractivity contribution in [2.45, 2.75) is 0 Å². The quantitative estimate of drug-likeness (QED) is 0.804. The zero-order valence-corrected chi connectivity index (χ0v) is 11.8. The van der Waals surface area contributed by atoms with Gasteiger partial charge in [0.05, 0.1) is 16.5 Å². The second-order valence-electron chi connectivity index (χ2n) is 4.01. The Morgan fingerprint density at radius 1 is 1.20 bits per heavy atom. The fourth-order valence-electron chi connectivity index (χ4n) is 1.72. The van der Waals surface area contributed by atoms with Gasteiger partial charge in [0.25, 0.3) is 0 Å². The number of nitrogens with one attached hydrogen (secondary N) is 1.